The van der Waals surface area contributed by atoms with Crippen molar-refractivity contribution in [1.29, 1.82) is 0 Å². The summed E-state index contributed by atoms with van der Waals surface area (Å²) in [6.45, 7) is 3.12. The lowest BCUT2D eigenvalue weighted by Crippen LogP contribution is -2.47. The van der Waals surface area contributed by atoms with E-state index in [1.54, 1.807) is 7.11 Å². The summed E-state index contributed by atoms with van der Waals surface area (Å²) < 4.78 is 11.7. The Morgan fingerprint density at radius 2 is 2.12 bits per heavy atom. The average molecular weight is 338 g/mol. The summed E-state index contributed by atoms with van der Waals surface area (Å²) in [7, 11) is 1.72. The molecule has 3 aliphatic heterocycles. The Kier molecular flexibility index (Phi) is 3.30. The molecule has 3 heterocycles. The van der Waals surface area contributed by atoms with Crippen LogP contribution in [0.1, 0.15) is 18.4 Å². The van der Waals surface area contributed by atoms with Crippen LogP contribution in [0.2, 0.25) is 0 Å². The molecule has 0 radical (unpaired) electrons. The van der Waals surface area contributed by atoms with Crippen molar-refractivity contribution in [2.24, 2.45) is 0 Å². The highest BCUT2D eigenvalue weighted by molar-refractivity contribution is 5.88. The Labute approximate surface area is 147 Å². The maximum Gasteiger partial charge on any atom is 0.226 e. The molecule has 5 heteroatoms. The fourth-order valence-electron chi connectivity index (χ4n) is 4.94. The van der Waals surface area contributed by atoms with Crippen LogP contribution >= 0.6 is 0 Å². The van der Waals surface area contributed by atoms with Crippen LogP contribution in [0.5, 0.6) is 5.75 Å². The molecule has 5 nitrogen and oxygen atoms in total. The minimum absolute atomic E-state index is 0.145. The largest absolute Gasteiger partial charge is 0.496 e. The molecule has 5 rings (SSSR count). The molecule has 3 fully saturated rings. The number of benzene rings is 2. The fourth-order valence-corrected chi connectivity index (χ4v) is 4.94. The topological polar surface area (TPSA) is 42.0 Å². The van der Waals surface area contributed by atoms with E-state index in [1.807, 2.05) is 11.0 Å². The molecule has 0 aliphatic carbocycles. The summed E-state index contributed by atoms with van der Waals surface area (Å²) >= 11 is 0. The van der Waals surface area contributed by atoms with Crippen molar-refractivity contribution in [2.75, 3.05) is 26.8 Å². The summed E-state index contributed by atoms with van der Waals surface area (Å²) in [4.78, 5) is 16.8. The molecule has 25 heavy (non-hydrogen) atoms. The van der Waals surface area contributed by atoms with Crippen molar-refractivity contribution in [3.05, 3.63) is 42.0 Å². The van der Waals surface area contributed by atoms with E-state index in [9.17, 15) is 4.79 Å². The predicted molar refractivity (Wildman–Crippen MR) is 94.3 cm³/mol. The fraction of sp³-hybridized carbons (Fsp3) is 0.450. The number of fused-ring (bicyclic) bond motifs is 1. The quantitative estimate of drug-likeness (QED) is 0.862. The van der Waals surface area contributed by atoms with E-state index in [1.165, 1.54) is 16.3 Å². The molecule has 0 bridgehead atoms. The van der Waals surface area contributed by atoms with Crippen LogP contribution in [0.25, 0.3) is 10.8 Å². The minimum Gasteiger partial charge on any atom is -0.496 e. The zero-order valence-electron chi connectivity index (χ0n) is 14.4. The zero-order valence-corrected chi connectivity index (χ0v) is 14.4. The summed E-state index contributed by atoms with van der Waals surface area (Å²) in [5.74, 6) is 1.14. The summed E-state index contributed by atoms with van der Waals surface area (Å²) in [6, 6.07) is 12.7. The summed E-state index contributed by atoms with van der Waals surface area (Å²) in [5, 5.41) is 2.43. The Morgan fingerprint density at radius 3 is 3.00 bits per heavy atom. The zero-order chi connectivity index (χ0) is 17.0. The first-order valence-electron chi connectivity index (χ1n) is 8.96. The van der Waals surface area contributed by atoms with E-state index in [0.717, 1.165) is 31.8 Å². The molecular weight excluding hydrogens is 316 g/mol. The van der Waals surface area contributed by atoms with Gasteiger partial charge in [0.1, 0.15) is 5.75 Å². The highest BCUT2D eigenvalue weighted by Gasteiger charge is 2.61. The highest BCUT2D eigenvalue weighted by atomic mass is 16.5. The molecule has 3 aliphatic rings. The predicted octanol–water partition coefficient (Wildman–Crippen LogP) is 2.38. The summed E-state index contributed by atoms with van der Waals surface area (Å²) in [5.41, 5.74) is 0.816. The van der Waals surface area contributed by atoms with E-state index in [4.69, 9.17) is 9.47 Å². The molecule has 0 unspecified atom stereocenters. The third-order valence-corrected chi connectivity index (χ3v) is 6.09. The van der Waals surface area contributed by atoms with Gasteiger partial charge >= 0.3 is 0 Å². The van der Waals surface area contributed by atoms with Crippen molar-refractivity contribution >= 4 is 16.7 Å². The number of likely N-dealkylation sites (tertiary alicyclic amines) is 1. The molecule has 2 atom stereocenters. The number of nitrogens with zero attached hydrogens (tertiary/aromatic N) is 2. The molecule has 0 saturated carbocycles. The first-order chi connectivity index (χ1) is 12.2. The van der Waals surface area contributed by atoms with Crippen LogP contribution in [0.3, 0.4) is 0 Å². The number of carbonyl (C=O) groups is 1. The van der Waals surface area contributed by atoms with E-state index < -0.39 is 0 Å². The molecule has 2 aromatic rings. The first-order valence-corrected chi connectivity index (χ1v) is 8.96. The molecule has 3 saturated heterocycles. The van der Waals surface area contributed by atoms with Gasteiger partial charge in [-0.1, -0.05) is 30.3 Å². The Bertz CT molecular complexity index is 852. The maximum absolute atomic E-state index is 12.4. The normalized spacial score (nSPS) is 28.6. The SMILES string of the molecule is COc1ccc2ccccc2c1CN1CC[C@@]23OCCN2C(=O)C[C@@H]13. The molecule has 1 spiro atoms. The van der Waals surface area contributed by atoms with Gasteiger partial charge < -0.3 is 14.4 Å². The van der Waals surface area contributed by atoms with Gasteiger partial charge in [-0.05, 0) is 16.8 Å². The van der Waals surface area contributed by atoms with Gasteiger partial charge in [0.25, 0.3) is 0 Å². The smallest absolute Gasteiger partial charge is 0.226 e. The lowest BCUT2D eigenvalue weighted by molar-refractivity contribution is -0.136. The number of rotatable bonds is 3. The number of methoxy groups -OCH3 is 1. The van der Waals surface area contributed by atoms with Gasteiger partial charge in [0.2, 0.25) is 5.91 Å². The van der Waals surface area contributed by atoms with Crippen LogP contribution in [0.4, 0.5) is 0 Å². The second-order valence-electron chi connectivity index (χ2n) is 7.15. The number of hydrogen-bond donors (Lipinski definition) is 0. The standard InChI is InChI=1S/C20H22N2O3/c1-24-17-7-6-14-4-2-3-5-15(14)16(17)13-21-9-8-20-18(21)12-19(23)22(20)10-11-25-20/h2-7,18H,8-13H2,1H3/t18-,20+/m1/s1. The average Bonchev–Trinajstić information content (AvgIpc) is 3.27. The number of hydrogen-bond acceptors (Lipinski definition) is 4. The van der Waals surface area contributed by atoms with E-state index in [0.29, 0.717) is 13.0 Å². The van der Waals surface area contributed by atoms with Gasteiger partial charge in [-0.25, -0.2) is 0 Å². The van der Waals surface area contributed by atoms with E-state index in [-0.39, 0.29) is 17.7 Å². The summed E-state index contributed by atoms with van der Waals surface area (Å²) in [6.07, 6.45) is 1.46. The Hall–Kier alpha value is -2.11. The van der Waals surface area contributed by atoms with E-state index >= 15 is 0 Å². The van der Waals surface area contributed by atoms with Crippen LogP contribution in [-0.4, -0.2) is 54.3 Å². The number of ether oxygens (including phenoxy) is 2. The van der Waals surface area contributed by atoms with Gasteiger partial charge in [0.15, 0.2) is 5.72 Å². The Balaban J connectivity index is 1.53. The second-order valence-corrected chi connectivity index (χ2v) is 7.15. The van der Waals surface area contributed by atoms with Crippen molar-refractivity contribution in [2.45, 2.75) is 31.2 Å². The van der Waals surface area contributed by atoms with Gasteiger partial charge in [-0.2, -0.15) is 0 Å². The number of amides is 1. The first kappa shape index (κ1) is 15.2. The highest BCUT2D eigenvalue weighted by Crippen LogP contribution is 2.46. The van der Waals surface area contributed by atoms with Gasteiger partial charge in [0, 0.05) is 38.0 Å². The molecular formula is C20H22N2O3. The van der Waals surface area contributed by atoms with E-state index in [2.05, 4.69) is 35.2 Å². The lowest BCUT2D eigenvalue weighted by Gasteiger charge is -2.32. The molecule has 1 amide bonds. The number of carbonyl (C=O) groups excluding carboxylic acids is 1. The molecule has 0 aromatic heterocycles. The molecule has 2 aromatic carbocycles. The maximum atomic E-state index is 12.4. The van der Waals surface area contributed by atoms with Crippen molar-refractivity contribution in [3.8, 4) is 5.75 Å². The van der Waals surface area contributed by atoms with Crippen LogP contribution in [-0.2, 0) is 16.1 Å². The van der Waals surface area contributed by atoms with Crippen LogP contribution in [0, 0.1) is 0 Å². The Morgan fingerprint density at radius 1 is 1.24 bits per heavy atom. The minimum atomic E-state index is -0.380. The van der Waals surface area contributed by atoms with Crippen LogP contribution < -0.4 is 4.74 Å². The van der Waals surface area contributed by atoms with Crippen molar-refractivity contribution < 1.29 is 14.3 Å². The lowest BCUT2D eigenvalue weighted by atomic mass is 10.0. The van der Waals surface area contributed by atoms with Crippen molar-refractivity contribution in [1.82, 2.24) is 9.80 Å². The van der Waals surface area contributed by atoms with Crippen LogP contribution in [0.15, 0.2) is 36.4 Å². The van der Waals surface area contributed by atoms with Gasteiger partial charge in [-0.15, -0.1) is 0 Å². The van der Waals surface area contributed by atoms with Gasteiger partial charge in [0.05, 0.1) is 19.8 Å². The second kappa shape index (κ2) is 5.44. The third kappa shape index (κ3) is 2.06. The molecule has 130 valence electrons. The monoisotopic (exact) mass is 338 g/mol. The van der Waals surface area contributed by atoms with Crippen molar-refractivity contribution in [3.63, 3.8) is 0 Å². The molecule has 0 N–H and O–H groups in total. The van der Waals surface area contributed by atoms with Gasteiger partial charge in [-0.3, -0.25) is 9.69 Å². The third-order valence-electron chi connectivity index (χ3n) is 6.09.